The van der Waals surface area contributed by atoms with Gasteiger partial charge in [0.15, 0.2) is 0 Å². The number of carbonyl (C=O) groups excluding carboxylic acids is 1. The lowest BCUT2D eigenvalue weighted by Crippen LogP contribution is -2.31. The fraction of sp³-hybridized carbons (Fsp3) is 0.412. The quantitative estimate of drug-likeness (QED) is 0.879. The molecule has 1 aromatic carbocycles. The lowest BCUT2D eigenvalue weighted by molar-refractivity contribution is -0.120. The van der Waals surface area contributed by atoms with Crippen LogP contribution in [0.25, 0.3) is 10.9 Å². The van der Waals surface area contributed by atoms with Crippen LogP contribution in [0.3, 0.4) is 0 Å². The highest BCUT2D eigenvalue weighted by atomic mass is 32.2. The molecule has 1 fully saturated rings. The van der Waals surface area contributed by atoms with Crippen molar-refractivity contribution in [2.45, 2.75) is 49.7 Å². The van der Waals surface area contributed by atoms with Gasteiger partial charge in [-0.2, -0.15) is 0 Å². The fourth-order valence-electron chi connectivity index (χ4n) is 2.99. The number of nitrogens with one attached hydrogen (secondary N) is 1. The second kappa shape index (κ2) is 7.05. The molecule has 3 rings (SSSR count). The molecule has 1 N–H and O–H groups in total. The predicted octanol–water partition coefficient (Wildman–Crippen LogP) is 2.53. The second-order valence-corrected chi connectivity index (χ2v) is 7.81. The van der Waals surface area contributed by atoms with Crippen LogP contribution in [-0.2, 0) is 19.6 Å². The van der Waals surface area contributed by atoms with Crippen molar-refractivity contribution in [3.63, 3.8) is 0 Å². The average Bonchev–Trinajstić information content (AvgIpc) is 2.98. The number of amides is 1. The molecule has 1 saturated heterocycles. The van der Waals surface area contributed by atoms with Crippen molar-refractivity contribution in [2.75, 3.05) is 0 Å². The van der Waals surface area contributed by atoms with Crippen molar-refractivity contribution >= 4 is 26.8 Å². The Hall–Kier alpha value is -2.06. The van der Waals surface area contributed by atoms with Crippen molar-refractivity contribution in [1.29, 1.82) is 0 Å². The molecule has 0 radical (unpaired) electrons. The van der Waals surface area contributed by atoms with Gasteiger partial charge in [-0.05, 0) is 50.5 Å². The van der Waals surface area contributed by atoms with Crippen molar-refractivity contribution in [3.8, 4) is 0 Å². The third kappa shape index (κ3) is 3.96. The normalized spacial score (nSPS) is 20.7. The summed E-state index contributed by atoms with van der Waals surface area (Å²) in [5.74, 6) is -1.22. The van der Waals surface area contributed by atoms with Gasteiger partial charge in [0, 0.05) is 18.0 Å². The lowest BCUT2D eigenvalue weighted by atomic mass is 10.1. The number of pyridine rings is 1. The first-order valence-corrected chi connectivity index (χ1v) is 9.59. The number of benzene rings is 1. The molecule has 2 atom stereocenters. The molecule has 2 unspecified atom stereocenters. The molecule has 0 bridgehead atoms. The zero-order chi connectivity index (χ0) is 18.0. The molecule has 1 aliphatic heterocycles. The molecule has 0 aliphatic carbocycles. The van der Waals surface area contributed by atoms with Crippen LogP contribution in [0.1, 0.15) is 32.6 Å². The third-order valence-electron chi connectivity index (χ3n) is 4.23. The number of sulfonamides is 1. The number of nitrogens with zero attached hydrogens (tertiary/aromatic N) is 1. The first-order chi connectivity index (χ1) is 11.9. The van der Waals surface area contributed by atoms with Gasteiger partial charge in [-0.25, -0.2) is 17.5 Å². The van der Waals surface area contributed by atoms with Gasteiger partial charge in [0.25, 0.3) is 10.0 Å². The van der Waals surface area contributed by atoms with Gasteiger partial charge in [0.05, 0.1) is 17.1 Å². The van der Waals surface area contributed by atoms with E-state index in [1.165, 1.54) is 18.3 Å². The van der Waals surface area contributed by atoms with Gasteiger partial charge in [-0.3, -0.25) is 9.78 Å². The van der Waals surface area contributed by atoms with E-state index < -0.39 is 21.7 Å². The number of hydrogen-bond acceptors (Lipinski definition) is 5. The summed E-state index contributed by atoms with van der Waals surface area (Å²) in [4.78, 5) is 15.7. The molecule has 25 heavy (non-hydrogen) atoms. The maximum atomic E-state index is 13.8. The molecule has 1 amide bonds. The van der Waals surface area contributed by atoms with Gasteiger partial charge in [-0.1, -0.05) is 0 Å². The molecule has 134 valence electrons. The van der Waals surface area contributed by atoms with E-state index in [-0.39, 0.29) is 34.4 Å². The Labute approximate surface area is 145 Å². The molecule has 0 saturated carbocycles. The summed E-state index contributed by atoms with van der Waals surface area (Å²) in [5, 5.41) is 0.135. The molecule has 0 spiro atoms. The van der Waals surface area contributed by atoms with Crippen LogP contribution in [0.2, 0.25) is 0 Å². The van der Waals surface area contributed by atoms with Crippen molar-refractivity contribution in [1.82, 2.24) is 9.71 Å². The molecule has 6 nitrogen and oxygen atoms in total. The third-order valence-corrected chi connectivity index (χ3v) is 5.66. The smallest absolute Gasteiger partial charge is 0.264 e. The van der Waals surface area contributed by atoms with Gasteiger partial charge in [0.1, 0.15) is 11.3 Å². The molecular formula is C17H19FN2O4S. The lowest BCUT2D eigenvalue weighted by Gasteiger charge is -2.12. The number of aromatic nitrogens is 1. The molecule has 2 aromatic rings. The maximum absolute atomic E-state index is 13.8. The van der Waals surface area contributed by atoms with Crippen LogP contribution in [0, 0.1) is 5.82 Å². The maximum Gasteiger partial charge on any atom is 0.264 e. The molecule has 2 heterocycles. The van der Waals surface area contributed by atoms with E-state index in [1.807, 2.05) is 11.6 Å². The van der Waals surface area contributed by atoms with Crippen LogP contribution in [0.5, 0.6) is 0 Å². The SMILES string of the molecule is CC1CCC(CCC(=O)NS(=O)(=O)c2ccc(F)c3ncccc23)O1. The summed E-state index contributed by atoms with van der Waals surface area (Å²) >= 11 is 0. The van der Waals surface area contributed by atoms with E-state index in [0.29, 0.717) is 6.42 Å². The summed E-state index contributed by atoms with van der Waals surface area (Å²) in [6.45, 7) is 1.97. The van der Waals surface area contributed by atoms with Crippen LogP contribution >= 0.6 is 0 Å². The van der Waals surface area contributed by atoms with E-state index in [2.05, 4.69) is 4.98 Å². The van der Waals surface area contributed by atoms with E-state index >= 15 is 0 Å². The van der Waals surface area contributed by atoms with Crippen LogP contribution in [0.4, 0.5) is 4.39 Å². The Kier molecular flexibility index (Phi) is 5.01. The highest BCUT2D eigenvalue weighted by molar-refractivity contribution is 7.90. The topological polar surface area (TPSA) is 85.4 Å². The van der Waals surface area contributed by atoms with Crippen molar-refractivity contribution < 1.29 is 22.3 Å². The molecule has 1 aromatic heterocycles. The summed E-state index contributed by atoms with van der Waals surface area (Å²) in [5.41, 5.74) is -0.0498. The number of rotatable bonds is 5. The average molecular weight is 366 g/mol. The van der Waals surface area contributed by atoms with E-state index in [4.69, 9.17) is 4.74 Å². The number of fused-ring (bicyclic) bond motifs is 1. The predicted molar refractivity (Wildman–Crippen MR) is 89.8 cm³/mol. The summed E-state index contributed by atoms with van der Waals surface area (Å²) in [7, 11) is -4.11. The Morgan fingerprint density at radius 3 is 2.88 bits per heavy atom. The Morgan fingerprint density at radius 2 is 2.16 bits per heavy atom. The Bertz CT molecular complexity index is 901. The minimum Gasteiger partial charge on any atom is -0.375 e. The van der Waals surface area contributed by atoms with Crippen LogP contribution in [0.15, 0.2) is 35.4 Å². The number of hydrogen-bond donors (Lipinski definition) is 1. The van der Waals surface area contributed by atoms with E-state index in [0.717, 1.165) is 25.0 Å². The second-order valence-electron chi connectivity index (χ2n) is 6.16. The van der Waals surface area contributed by atoms with Gasteiger partial charge in [-0.15, -0.1) is 0 Å². The first-order valence-electron chi connectivity index (χ1n) is 8.11. The molecule has 1 aliphatic rings. The van der Waals surface area contributed by atoms with Crippen LogP contribution < -0.4 is 4.72 Å². The largest absolute Gasteiger partial charge is 0.375 e. The van der Waals surface area contributed by atoms with Crippen molar-refractivity contribution in [3.05, 3.63) is 36.3 Å². The number of halogens is 1. The van der Waals surface area contributed by atoms with Gasteiger partial charge < -0.3 is 4.74 Å². The van der Waals surface area contributed by atoms with E-state index in [1.54, 1.807) is 0 Å². The zero-order valence-corrected chi connectivity index (χ0v) is 14.6. The molecular weight excluding hydrogens is 347 g/mol. The summed E-state index contributed by atoms with van der Waals surface area (Å²) < 4.78 is 46.5. The minimum absolute atomic E-state index is 0.0145. The number of carbonyl (C=O) groups is 1. The molecule has 8 heteroatoms. The van der Waals surface area contributed by atoms with Crippen LogP contribution in [-0.4, -0.2) is 31.5 Å². The highest BCUT2D eigenvalue weighted by Gasteiger charge is 2.25. The minimum atomic E-state index is -4.11. The van der Waals surface area contributed by atoms with Crippen molar-refractivity contribution in [2.24, 2.45) is 0 Å². The number of ether oxygens (including phenoxy) is 1. The van der Waals surface area contributed by atoms with E-state index in [9.17, 15) is 17.6 Å². The highest BCUT2D eigenvalue weighted by Crippen LogP contribution is 2.25. The standard InChI is InChI=1S/C17H19FN2O4S/c1-11-4-5-12(24-11)6-9-16(21)20-25(22,23)15-8-7-14(18)17-13(15)3-2-10-19-17/h2-3,7-8,10-12H,4-6,9H2,1H3,(H,20,21). The summed E-state index contributed by atoms with van der Waals surface area (Å²) in [6.07, 6.45) is 3.87. The fourth-order valence-corrected chi connectivity index (χ4v) is 4.21. The monoisotopic (exact) mass is 366 g/mol. The Morgan fingerprint density at radius 1 is 1.36 bits per heavy atom. The van der Waals surface area contributed by atoms with Gasteiger partial charge >= 0.3 is 0 Å². The Balaban J connectivity index is 1.74. The first kappa shape index (κ1) is 17.8. The zero-order valence-electron chi connectivity index (χ0n) is 13.7. The van der Waals surface area contributed by atoms with Gasteiger partial charge in [0.2, 0.25) is 5.91 Å². The summed E-state index contributed by atoms with van der Waals surface area (Å²) in [6, 6.07) is 5.14.